The van der Waals surface area contributed by atoms with Gasteiger partial charge in [0.15, 0.2) is 0 Å². The van der Waals surface area contributed by atoms with Crippen molar-refractivity contribution in [1.29, 1.82) is 0 Å². The van der Waals surface area contributed by atoms with Crippen molar-refractivity contribution in [2.75, 3.05) is 6.61 Å². The maximum Gasteiger partial charge on any atom is 0.460 e. The maximum absolute atomic E-state index is 6.44. The standard InChI is InChI=1S/C8H17O.2C8H17.Al/c1-2-3-4-5-6-7-8-9;2*1-3-5-7-8-6-4-2;/h2-8H2,1H3;2*1,3-8H2,2H3;/q-1;;;+1. The van der Waals surface area contributed by atoms with E-state index >= 15 is 0 Å². The van der Waals surface area contributed by atoms with E-state index in [2.05, 4.69) is 20.8 Å². The van der Waals surface area contributed by atoms with Gasteiger partial charge in [0.2, 0.25) is 0 Å². The van der Waals surface area contributed by atoms with E-state index in [0.717, 1.165) is 6.61 Å². The zero-order chi connectivity index (χ0) is 19.1. The van der Waals surface area contributed by atoms with E-state index in [-0.39, 0.29) is 0 Å². The van der Waals surface area contributed by atoms with Crippen molar-refractivity contribution < 1.29 is 3.79 Å². The van der Waals surface area contributed by atoms with Gasteiger partial charge in [0.1, 0.15) is 0 Å². The maximum atomic E-state index is 6.44. The smallest absolute Gasteiger partial charge is 0.460 e. The Labute approximate surface area is 171 Å². The average Bonchev–Trinajstić information content (AvgIpc) is 2.65. The third kappa shape index (κ3) is 20.8. The molecule has 0 heterocycles. The normalized spacial score (nSPS) is 11.2. The fraction of sp³-hybridized carbons (Fsp3) is 1.00. The van der Waals surface area contributed by atoms with Crippen molar-refractivity contribution >= 4 is 14.5 Å². The number of rotatable bonds is 22. The summed E-state index contributed by atoms with van der Waals surface area (Å²) in [6, 6.07) is 0. The second-order valence-electron chi connectivity index (χ2n) is 8.37. The molecule has 0 unspecified atom stereocenters. The van der Waals surface area contributed by atoms with Crippen LogP contribution in [-0.4, -0.2) is 21.1 Å². The Hall–Kier alpha value is 0.492. The van der Waals surface area contributed by atoms with Crippen LogP contribution in [0.4, 0.5) is 0 Å². The van der Waals surface area contributed by atoms with Gasteiger partial charge >= 0.3 is 14.5 Å². The fourth-order valence-corrected chi connectivity index (χ4v) is 6.36. The third-order valence-electron chi connectivity index (χ3n) is 5.61. The first-order valence-electron chi connectivity index (χ1n) is 12.5. The molecule has 156 valence electrons. The highest BCUT2D eigenvalue weighted by atomic mass is 27.2. The molecule has 0 bridgehead atoms. The molecule has 0 aliphatic heterocycles. The molecule has 26 heavy (non-hydrogen) atoms. The van der Waals surface area contributed by atoms with Gasteiger partial charge in [-0.2, -0.15) is 0 Å². The number of hydrogen-bond donors (Lipinski definition) is 0. The predicted octanol–water partition coefficient (Wildman–Crippen LogP) is 9.08. The highest BCUT2D eigenvalue weighted by Crippen LogP contribution is 2.16. The van der Waals surface area contributed by atoms with E-state index in [0.29, 0.717) is 0 Å². The van der Waals surface area contributed by atoms with Crippen molar-refractivity contribution in [3.05, 3.63) is 0 Å². The molecule has 0 aromatic rings. The van der Waals surface area contributed by atoms with Gasteiger partial charge < -0.3 is 3.79 Å². The van der Waals surface area contributed by atoms with Gasteiger partial charge in [-0.25, -0.2) is 0 Å². The predicted molar refractivity (Wildman–Crippen MR) is 121 cm³/mol. The van der Waals surface area contributed by atoms with Crippen molar-refractivity contribution in [2.45, 2.75) is 147 Å². The first kappa shape index (κ1) is 26.5. The monoisotopic (exact) mass is 382 g/mol. The van der Waals surface area contributed by atoms with Crippen LogP contribution in [0, 0.1) is 0 Å². The molecule has 0 fully saturated rings. The molecule has 0 aromatic heterocycles. The molecule has 2 heteroatoms. The number of hydrogen-bond acceptors (Lipinski definition) is 1. The average molecular weight is 383 g/mol. The van der Waals surface area contributed by atoms with Gasteiger partial charge in [0.05, 0.1) is 0 Å². The minimum atomic E-state index is -0.916. The molecule has 0 spiro atoms. The summed E-state index contributed by atoms with van der Waals surface area (Å²) in [6.07, 6.45) is 25.4. The molecule has 0 rings (SSSR count). The molecule has 0 saturated carbocycles. The second-order valence-corrected chi connectivity index (χ2v) is 11.1. The van der Waals surface area contributed by atoms with Crippen molar-refractivity contribution in [2.24, 2.45) is 0 Å². The summed E-state index contributed by atoms with van der Waals surface area (Å²) in [7, 11) is 0. The second kappa shape index (κ2) is 23.5. The molecular weight excluding hydrogens is 331 g/mol. The molecule has 0 amide bonds. The molecule has 1 nitrogen and oxygen atoms in total. The molecule has 0 saturated heterocycles. The van der Waals surface area contributed by atoms with Crippen LogP contribution >= 0.6 is 0 Å². The lowest BCUT2D eigenvalue weighted by Gasteiger charge is -2.13. The summed E-state index contributed by atoms with van der Waals surface area (Å²) in [5, 5.41) is 2.88. The Bertz CT molecular complexity index is 228. The lowest BCUT2D eigenvalue weighted by atomic mass is 10.1. The Morgan fingerprint density at radius 3 is 1.19 bits per heavy atom. The fourth-order valence-electron chi connectivity index (χ4n) is 3.75. The Balaban J connectivity index is 3.77. The zero-order valence-corrected chi connectivity index (χ0v) is 20.0. The number of unbranched alkanes of at least 4 members (excludes halogenated alkanes) is 15. The van der Waals surface area contributed by atoms with Gasteiger partial charge in [-0.15, -0.1) is 0 Å². The van der Waals surface area contributed by atoms with Gasteiger partial charge in [-0.1, -0.05) is 140 Å². The van der Waals surface area contributed by atoms with E-state index in [4.69, 9.17) is 3.79 Å². The molecule has 0 N–H and O–H groups in total. The molecule has 0 radical (unpaired) electrons. The van der Waals surface area contributed by atoms with Crippen molar-refractivity contribution in [1.82, 2.24) is 0 Å². The van der Waals surface area contributed by atoms with E-state index in [1.807, 2.05) is 0 Å². The van der Waals surface area contributed by atoms with Gasteiger partial charge in [0, 0.05) is 6.61 Å². The van der Waals surface area contributed by atoms with Crippen LogP contribution in [0.15, 0.2) is 0 Å². The van der Waals surface area contributed by atoms with Crippen LogP contribution in [0.25, 0.3) is 0 Å². The largest absolute Gasteiger partial charge is 0.501 e. The third-order valence-corrected chi connectivity index (χ3v) is 8.42. The zero-order valence-electron chi connectivity index (χ0n) is 18.8. The minimum absolute atomic E-state index is 0.916. The van der Waals surface area contributed by atoms with E-state index in [9.17, 15) is 0 Å². The topological polar surface area (TPSA) is 9.23 Å². The van der Waals surface area contributed by atoms with Crippen LogP contribution in [-0.2, 0) is 3.79 Å². The van der Waals surface area contributed by atoms with Crippen LogP contribution < -0.4 is 0 Å². The summed E-state index contributed by atoms with van der Waals surface area (Å²) in [6.45, 7) is 7.97. The summed E-state index contributed by atoms with van der Waals surface area (Å²) < 4.78 is 6.44. The summed E-state index contributed by atoms with van der Waals surface area (Å²) in [5.41, 5.74) is 0. The Kier molecular flexibility index (Phi) is 24.0. The SMILES string of the molecule is CCCCCCCC[O][Al]([CH2]CCCCCCC)[CH2]CCCCCCC. The van der Waals surface area contributed by atoms with Crippen molar-refractivity contribution in [3.8, 4) is 0 Å². The van der Waals surface area contributed by atoms with E-state index in [1.165, 1.54) is 126 Å². The molecular formula is C24H51AlO. The Morgan fingerprint density at radius 2 is 0.769 bits per heavy atom. The summed E-state index contributed by atoms with van der Waals surface area (Å²) >= 11 is -0.916. The lowest BCUT2D eigenvalue weighted by molar-refractivity contribution is 0.302. The van der Waals surface area contributed by atoms with Crippen LogP contribution in [0.5, 0.6) is 0 Å². The van der Waals surface area contributed by atoms with Crippen molar-refractivity contribution in [3.63, 3.8) is 0 Å². The molecule has 0 aliphatic carbocycles. The van der Waals surface area contributed by atoms with Gasteiger partial charge in [-0.05, 0) is 6.42 Å². The quantitative estimate of drug-likeness (QED) is 0.134. The van der Waals surface area contributed by atoms with Crippen LogP contribution in [0.1, 0.15) is 136 Å². The molecule has 0 aliphatic rings. The Morgan fingerprint density at radius 1 is 0.423 bits per heavy atom. The first-order chi connectivity index (χ1) is 12.8. The first-order valence-corrected chi connectivity index (χ1v) is 14.6. The summed E-state index contributed by atoms with van der Waals surface area (Å²) in [5.74, 6) is 0. The van der Waals surface area contributed by atoms with Gasteiger partial charge in [0.25, 0.3) is 0 Å². The van der Waals surface area contributed by atoms with E-state index < -0.39 is 14.5 Å². The van der Waals surface area contributed by atoms with Gasteiger partial charge in [-0.3, -0.25) is 0 Å². The molecule has 0 aromatic carbocycles. The highest BCUT2D eigenvalue weighted by Gasteiger charge is 2.19. The van der Waals surface area contributed by atoms with E-state index in [1.54, 1.807) is 0 Å². The summed E-state index contributed by atoms with van der Waals surface area (Å²) in [4.78, 5) is 0. The minimum Gasteiger partial charge on any atom is -0.501 e. The van der Waals surface area contributed by atoms with Crippen LogP contribution in [0.2, 0.25) is 10.6 Å². The molecule has 0 atom stereocenters. The highest BCUT2D eigenvalue weighted by molar-refractivity contribution is 6.51. The van der Waals surface area contributed by atoms with Crippen LogP contribution in [0.3, 0.4) is 0 Å². The lowest BCUT2D eigenvalue weighted by Crippen LogP contribution is -2.18.